The van der Waals surface area contributed by atoms with Crippen molar-refractivity contribution >= 4 is 17.2 Å². The van der Waals surface area contributed by atoms with Crippen LogP contribution in [0.15, 0.2) is 11.7 Å². The molecular weight excluding hydrogens is 234 g/mol. The quantitative estimate of drug-likeness (QED) is 0.645. The summed E-state index contributed by atoms with van der Waals surface area (Å²) < 4.78 is 0. The normalized spacial score (nSPS) is 10.9. The number of anilines is 1. The van der Waals surface area contributed by atoms with Gasteiger partial charge in [-0.2, -0.15) is 0 Å². The largest absolute Gasteiger partial charge is 0.308 e. The number of hydrogen-bond acceptors (Lipinski definition) is 6. The van der Waals surface area contributed by atoms with Crippen LogP contribution in [0.2, 0.25) is 0 Å². The van der Waals surface area contributed by atoms with Gasteiger partial charge in [-0.1, -0.05) is 13.8 Å². The Balaban J connectivity index is 2.56. The molecule has 0 aliphatic rings. The first-order chi connectivity index (χ1) is 8.13. The van der Waals surface area contributed by atoms with Crippen LogP contribution in [-0.4, -0.2) is 15.0 Å². The van der Waals surface area contributed by atoms with Gasteiger partial charge in [-0.3, -0.25) is 4.98 Å². The van der Waals surface area contributed by atoms with Gasteiger partial charge >= 0.3 is 0 Å². The highest BCUT2D eigenvalue weighted by molar-refractivity contribution is 7.13. The zero-order valence-electron chi connectivity index (χ0n) is 10.1. The van der Waals surface area contributed by atoms with Gasteiger partial charge in [0.15, 0.2) is 5.82 Å². The number of aryl methyl sites for hydroxylation is 1. The second-order valence-corrected chi connectivity index (χ2v) is 4.95. The number of rotatable bonds is 3. The van der Waals surface area contributed by atoms with Gasteiger partial charge in [-0.15, -0.1) is 11.3 Å². The van der Waals surface area contributed by atoms with Crippen molar-refractivity contribution in [3.05, 3.63) is 23.0 Å². The van der Waals surface area contributed by atoms with Gasteiger partial charge in [-0.25, -0.2) is 15.8 Å². The summed E-state index contributed by atoms with van der Waals surface area (Å²) >= 11 is 1.51. The van der Waals surface area contributed by atoms with Gasteiger partial charge in [-0.05, 0) is 12.8 Å². The van der Waals surface area contributed by atoms with Crippen LogP contribution in [0.1, 0.15) is 31.0 Å². The predicted octanol–water partition coefficient (Wildman–Crippen LogP) is 2.32. The van der Waals surface area contributed by atoms with E-state index >= 15 is 0 Å². The van der Waals surface area contributed by atoms with E-state index in [2.05, 4.69) is 34.2 Å². The lowest BCUT2D eigenvalue weighted by Crippen LogP contribution is -2.14. The number of nitrogens with two attached hydrogens (primary N) is 1. The van der Waals surface area contributed by atoms with Crippen LogP contribution in [0.4, 0.5) is 5.82 Å². The van der Waals surface area contributed by atoms with E-state index in [0.717, 1.165) is 16.1 Å². The SMILES string of the molecule is Cc1nc(-c2cncs2)nc(NN)c1C(C)C. The van der Waals surface area contributed by atoms with Crippen molar-refractivity contribution in [1.29, 1.82) is 0 Å². The number of nitrogen functional groups attached to an aromatic ring is 1. The lowest BCUT2D eigenvalue weighted by atomic mass is 10.0. The fourth-order valence-corrected chi connectivity index (χ4v) is 2.37. The van der Waals surface area contributed by atoms with Crippen LogP contribution in [0.25, 0.3) is 10.7 Å². The Morgan fingerprint density at radius 2 is 2.12 bits per heavy atom. The third kappa shape index (κ3) is 2.27. The Kier molecular flexibility index (Phi) is 3.35. The summed E-state index contributed by atoms with van der Waals surface area (Å²) in [6, 6.07) is 0. The minimum atomic E-state index is 0.330. The Morgan fingerprint density at radius 3 is 2.65 bits per heavy atom. The van der Waals surface area contributed by atoms with E-state index in [4.69, 9.17) is 5.84 Å². The molecule has 3 N–H and O–H groups in total. The van der Waals surface area contributed by atoms with Gasteiger partial charge in [0.05, 0.1) is 10.4 Å². The molecule has 0 saturated heterocycles. The zero-order valence-corrected chi connectivity index (χ0v) is 10.9. The molecule has 0 fully saturated rings. The molecule has 0 aliphatic carbocycles. The molecular formula is C11H15N5S. The van der Waals surface area contributed by atoms with E-state index in [0.29, 0.717) is 17.6 Å². The summed E-state index contributed by atoms with van der Waals surface area (Å²) in [5.74, 6) is 7.22. The predicted molar refractivity (Wildman–Crippen MR) is 69.8 cm³/mol. The highest BCUT2D eigenvalue weighted by atomic mass is 32.1. The van der Waals surface area contributed by atoms with Gasteiger partial charge in [0.2, 0.25) is 0 Å². The number of aromatic nitrogens is 3. The lowest BCUT2D eigenvalue weighted by molar-refractivity contribution is 0.832. The highest BCUT2D eigenvalue weighted by Crippen LogP contribution is 2.28. The van der Waals surface area contributed by atoms with Crippen LogP contribution in [-0.2, 0) is 0 Å². The minimum absolute atomic E-state index is 0.330. The van der Waals surface area contributed by atoms with E-state index < -0.39 is 0 Å². The summed E-state index contributed by atoms with van der Waals surface area (Å²) in [5.41, 5.74) is 6.42. The average molecular weight is 249 g/mol. The zero-order chi connectivity index (χ0) is 12.4. The van der Waals surface area contributed by atoms with Crippen LogP contribution in [0, 0.1) is 6.92 Å². The first kappa shape index (κ1) is 11.9. The molecule has 0 radical (unpaired) electrons. The van der Waals surface area contributed by atoms with Crippen LogP contribution >= 0.6 is 11.3 Å². The molecule has 0 spiro atoms. The van der Waals surface area contributed by atoms with Crippen LogP contribution in [0.3, 0.4) is 0 Å². The van der Waals surface area contributed by atoms with Crippen LogP contribution < -0.4 is 11.3 Å². The molecule has 5 nitrogen and oxygen atoms in total. The van der Waals surface area contributed by atoms with Crippen molar-refractivity contribution in [2.45, 2.75) is 26.7 Å². The van der Waals surface area contributed by atoms with Crippen molar-refractivity contribution in [2.75, 3.05) is 5.43 Å². The molecule has 2 aromatic heterocycles. The number of hydrogen-bond donors (Lipinski definition) is 2. The van der Waals surface area contributed by atoms with E-state index in [1.54, 1.807) is 11.7 Å². The summed E-state index contributed by atoms with van der Waals surface area (Å²) in [6.07, 6.45) is 1.76. The molecule has 0 aromatic carbocycles. The van der Waals surface area contributed by atoms with Crippen molar-refractivity contribution in [3.63, 3.8) is 0 Å². The number of thiazole rings is 1. The molecule has 2 aromatic rings. The Labute approximate surface area is 104 Å². The van der Waals surface area contributed by atoms with E-state index in [-0.39, 0.29) is 0 Å². The van der Waals surface area contributed by atoms with Crippen molar-refractivity contribution < 1.29 is 0 Å². The standard InChI is InChI=1S/C11H15N5S/c1-6(2)9-7(3)14-10(15-11(9)16-12)8-4-13-5-17-8/h4-6H,12H2,1-3H3,(H,14,15,16). The van der Waals surface area contributed by atoms with Gasteiger partial charge < -0.3 is 5.43 Å². The van der Waals surface area contributed by atoms with Gasteiger partial charge in [0.25, 0.3) is 0 Å². The molecule has 0 unspecified atom stereocenters. The first-order valence-corrected chi connectivity index (χ1v) is 6.25. The van der Waals surface area contributed by atoms with E-state index in [1.165, 1.54) is 11.3 Å². The summed E-state index contributed by atoms with van der Waals surface area (Å²) in [4.78, 5) is 13.9. The summed E-state index contributed by atoms with van der Waals surface area (Å²) in [6.45, 7) is 6.17. The molecule has 2 rings (SSSR count). The molecule has 0 amide bonds. The fraction of sp³-hybridized carbons (Fsp3) is 0.364. The van der Waals surface area contributed by atoms with Crippen LogP contribution in [0.5, 0.6) is 0 Å². The number of nitrogens with one attached hydrogen (secondary N) is 1. The molecule has 2 heterocycles. The smallest absolute Gasteiger partial charge is 0.173 e. The first-order valence-electron chi connectivity index (χ1n) is 5.37. The second kappa shape index (κ2) is 4.77. The number of hydrazine groups is 1. The van der Waals surface area contributed by atoms with Gasteiger partial charge in [0, 0.05) is 17.5 Å². The van der Waals surface area contributed by atoms with E-state index in [9.17, 15) is 0 Å². The maximum Gasteiger partial charge on any atom is 0.173 e. The number of nitrogens with zero attached hydrogens (tertiary/aromatic N) is 3. The van der Waals surface area contributed by atoms with Crippen molar-refractivity contribution in [1.82, 2.24) is 15.0 Å². The molecule has 6 heteroatoms. The molecule has 0 saturated carbocycles. The Hall–Kier alpha value is -1.53. The lowest BCUT2D eigenvalue weighted by Gasteiger charge is -2.14. The molecule has 17 heavy (non-hydrogen) atoms. The Morgan fingerprint density at radius 1 is 1.35 bits per heavy atom. The Bertz CT molecular complexity index is 507. The average Bonchev–Trinajstić information content (AvgIpc) is 2.80. The molecule has 0 atom stereocenters. The molecule has 0 bridgehead atoms. The third-order valence-electron chi connectivity index (χ3n) is 2.50. The summed E-state index contributed by atoms with van der Waals surface area (Å²) in [7, 11) is 0. The minimum Gasteiger partial charge on any atom is -0.308 e. The highest BCUT2D eigenvalue weighted by Gasteiger charge is 2.15. The van der Waals surface area contributed by atoms with Crippen molar-refractivity contribution in [2.24, 2.45) is 5.84 Å². The fourth-order valence-electron chi connectivity index (χ4n) is 1.82. The monoisotopic (exact) mass is 249 g/mol. The third-order valence-corrected chi connectivity index (χ3v) is 3.27. The maximum atomic E-state index is 5.53. The van der Waals surface area contributed by atoms with Crippen molar-refractivity contribution in [3.8, 4) is 10.7 Å². The van der Waals surface area contributed by atoms with Gasteiger partial charge in [0.1, 0.15) is 5.82 Å². The van der Waals surface area contributed by atoms with E-state index in [1.807, 2.05) is 6.92 Å². The molecule has 0 aliphatic heterocycles. The topological polar surface area (TPSA) is 76.7 Å². The molecule has 90 valence electrons. The maximum absolute atomic E-state index is 5.53. The second-order valence-electron chi connectivity index (χ2n) is 4.06. The summed E-state index contributed by atoms with van der Waals surface area (Å²) in [5, 5.41) is 0.